The zero-order valence-corrected chi connectivity index (χ0v) is 25.0. The number of allylic oxidation sites excluding steroid dienone is 1. The van der Waals surface area contributed by atoms with Gasteiger partial charge in [0.1, 0.15) is 5.76 Å². The Bertz CT molecular complexity index is 1580. The molecule has 3 heterocycles. The van der Waals surface area contributed by atoms with Crippen LogP contribution in [0.15, 0.2) is 52.6 Å². The first-order chi connectivity index (χ1) is 17.6. The zero-order chi connectivity index (χ0) is 27.0. The quantitative estimate of drug-likeness (QED) is 0.356. The Labute approximate surface area is 233 Å². The fourth-order valence-electron chi connectivity index (χ4n) is 4.05. The molecular formula is C25H25Br2N3O6S. The minimum atomic E-state index is -0.813. The van der Waals surface area contributed by atoms with Gasteiger partial charge in [0.25, 0.3) is 5.56 Å². The van der Waals surface area contributed by atoms with Crippen molar-refractivity contribution in [3.8, 4) is 11.5 Å². The van der Waals surface area contributed by atoms with E-state index in [-0.39, 0.29) is 17.7 Å². The third-order valence-corrected chi connectivity index (χ3v) is 7.92. The summed E-state index contributed by atoms with van der Waals surface area (Å²) in [7, 11) is 6.79. The summed E-state index contributed by atoms with van der Waals surface area (Å²) < 4.78 is 25.5. The average molecular weight is 655 g/mol. The highest BCUT2D eigenvalue weighted by atomic mass is 79.9. The van der Waals surface area contributed by atoms with Crippen LogP contribution < -0.4 is 29.3 Å². The predicted molar refractivity (Wildman–Crippen MR) is 148 cm³/mol. The maximum Gasteiger partial charge on any atom is 0.338 e. The monoisotopic (exact) mass is 653 g/mol. The Morgan fingerprint density at radius 1 is 1.19 bits per heavy atom. The molecule has 1 aromatic carbocycles. The lowest BCUT2D eigenvalue weighted by Gasteiger charge is -2.26. The van der Waals surface area contributed by atoms with E-state index in [0.29, 0.717) is 48.2 Å². The number of thiazole rings is 1. The van der Waals surface area contributed by atoms with Crippen LogP contribution in [0.4, 0.5) is 5.88 Å². The Morgan fingerprint density at radius 2 is 1.86 bits per heavy atom. The summed E-state index contributed by atoms with van der Waals surface area (Å²) in [5, 5.41) is 0. The topological polar surface area (TPSA) is 95.5 Å². The van der Waals surface area contributed by atoms with Crippen LogP contribution in [0.2, 0.25) is 0 Å². The molecule has 37 heavy (non-hydrogen) atoms. The van der Waals surface area contributed by atoms with Gasteiger partial charge in [-0.3, -0.25) is 9.36 Å². The average Bonchev–Trinajstić information content (AvgIpc) is 3.37. The molecule has 1 atom stereocenters. The number of fused-ring (bicyclic) bond motifs is 1. The highest BCUT2D eigenvalue weighted by molar-refractivity contribution is 9.10. The summed E-state index contributed by atoms with van der Waals surface area (Å²) >= 11 is 8.30. The summed E-state index contributed by atoms with van der Waals surface area (Å²) in [5.74, 6) is 1.55. The van der Waals surface area contributed by atoms with E-state index in [9.17, 15) is 9.59 Å². The number of halogens is 2. The third kappa shape index (κ3) is 5.01. The van der Waals surface area contributed by atoms with Crippen molar-refractivity contribution in [1.82, 2.24) is 4.57 Å². The molecule has 196 valence electrons. The first kappa shape index (κ1) is 27.2. The largest absolute Gasteiger partial charge is 0.493 e. The number of aromatic nitrogens is 1. The van der Waals surface area contributed by atoms with Gasteiger partial charge in [0.15, 0.2) is 16.3 Å². The van der Waals surface area contributed by atoms with Crippen LogP contribution >= 0.6 is 43.2 Å². The van der Waals surface area contributed by atoms with Gasteiger partial charge >= 0.3 is 5.97 Å². The third-order valence-electron chi connectivity index (χ3n) is 5.68. The molecule has 0 saturated heterocycles. The maximum atomic E-state index is 13.8. The van der Waals surface area contributed by atoms with Crippen LogP contribution in [0.1, 0.15) is 31.2 Å². The van der Waals surface area contributed by atoms with Gasteiger partial charge in [0.2, 0.25) is 5.88 Å². The predicted octanol–water partition coefficient (Wildman–Crippen LogP) is 4.00. The first-order valence-corrected chi connectivity index (χ1v) is 13.6. The van der Waals surface area contributed by atoms with E-state index < -0.39 is 12.0 Å². The Balaban J connectivity index is 1.99. The molecule has 2 aromatic heterocycles. The lowest BCUT2D eigenvalue weighted by atomic mass is 9.95. The number of esters is 1. The highest BCUT2D eigenvalue weighted by Crippen LogP contribution is 2.40. The summed E-state index contributed by atoms with van der Waals surface area (Å²) in [6.45, 7) is 3.65. The normalized spacial score (nSPS) is 15.4. The summed E-state index contributed by atoms with van der Waals surface area (Å²) in [6.07, 6.45) is 1.67. The van der Waals surface area contributed by atoms with E-state index in [1.54, 1.807) is 38.1 Å². The Kier molecular flexibility index (Phi) is 8.00. The molecule has 0 amide bonds. The van der Waals surface area contributed by atoms with Crippen LogP contribution in [-0.2, 0) is 9.53 Å². The van der Waals surface area contributed by atoms with Gasteiger partial charge in [-0.2, -0.15) is 0 Å². The van der Waals surface area contributed by atoms with Crippen molar-refractivity contribution in [3.05, 3.63) is 69.4 Å². The minimum absolute atomic E-state index is 0.182. The fraction of sp³-hybridized carbons (Fsp3) is 0.320. The molecule has 0 saturated carbocycles. The van der Waals surface area contributed by atoms with Gasteiger partial charge in [-0.25, -0.2) is 9.79 Å². The fourth-order valence-corrected chi connectivity index (χ4v) is 6.27. The number of hydrogen-bond donors (Lipinski definition) is 0. The van der Waals surface area contributed by atoms with Crippen LogP contribution in [0, 0.1) is 0 Å². The number of furan rings is 1. The molecule has 0 bridgehead atoms. The number of nitrogens with zero attached hydrogens (tertiary/aromatic N) is 3. The molecule has 0 spiro atoms. The van der Waals surface area contributed by atoms with Gasteiger partial charge in [-0.15, -0.1) is 0 Å². The van der Waals surface area contributed by atoms with Crippen molar-refractivity contribution in [2.45, 2.75) is 19.9 Å². The smallest absolute Gasteiger partial charge is 0.338 e. The van der Waals surface area contributed by atoms with Crippen LogP contribution in [0.25, 0.3) is 6.08 Å². The molecule has 1 aliphatic heterocycles. The van der Waals surface area contributed by atoms with Crippen molar-refractivity contribution in [1.29, 1.82) is 0 Å². The molecule has 3 aromatic rings. The molecule has 0 aliphatic carbocycles. The van der Waals surface area contributed by atoms with E-state index in [4.69, 9.17) is 18.6 Å². The number of benzene rings is 1. The van der Waals surface area contributed by atoms with Gasteiger partial charge < -0.3 is 23.5 Å². The molecule has 0 fully saturated rings. The SMILES string of the molecule is CCOC(=O)C1=C(C)N=c2s/c(=C/c3cc(Br)c(N(C)C)o3)c(=O)n2[C@H]1c1cc(OC)c(OC)cc1Br. The number of rotatable bonds is 7. The van der Waals surface area contributed by atoms with Gasteiger partial charge in [0.05, 0.1) is 47.1 Å². The van der Waals surface area contributed by atoms with E-state index in [0.717, 1.165) is 4.47 Å². The molecule has 0 radical (unpaired) electrons. The molecule has 1 aliphatic rings. The van der Waals surface area contributed by atoms with E-state index in [1.165, 1.54) is 30.1 Å². The summed E-state index contributed by atoms with van der Waals surface area (Å²) in [5.41, 5.74) is 1.04. The molecule has 0 N–H and O–H groups in total. The highest BCUT2D eigenvalue weighted by Gasteiger charge is 2.35. The lowest BCUT2D eigenvalue weighted by Crippen LogP contribution is -2.40. The number of carbonyl (C=O) groups is 1. The maximum absolute atomic E-state index is 13.8. The van der Waals surface area contributed by atoms with Crippen LogP contribution in [0.3, 0.4) is 0 Å². The second-order valence-electron chi connectivity index (χ2n) is 8.23. The number of carbonyl (C=O) groups excluding carboxylic acids is 1. The Hall–Kier alpha value is -2.83. The van der Waals surface area contributed by atoms with Crippen molar-refractivity contribution < 1.29 is 23.4 Å². The number of methoxy groups -OCH3 is 2. The van der Waals surface area contributed by atoms with E-state index in [1.807, 2.05) is 19.0 Å². The zero-order valence-electron chi connectivity index (χ0n) is 21.0. The number of anilines is 1. The molecule has 9 nitrogen and oxygen atoms in total. The number of hydrogen-bond acceptors (Lipinski definition) is 9. The molecular weight excluding hydrogens is 630 g/mol. The second kappa shape index (κ2) is 10.9. The van der Waals surface area contributed by atoms with Gasteiger partial charge in [0, 0.05) is 30.7 Å². The lowest BCUT2D eigenvalue weighted by molar-refractivity contribution is -0.139. The van der Waals surface area contributed by atoms with Gasteiger partial charge in [-0.05, 0) is 47.5 Å². The summed E-state index contributed by atoms with van der Waals surface area (Å²) in [4.78, 5) is 33.9. The molecule has 12 heteroatoms. The van der Waals surface area contributed by atoms with Crippen molar-refractivity contribution >= 4 is 61.1 Å². The van der Waals surface area contributed by atoms with E-state index >= 15 is 0 Å². The Morgan fingerprint density at radius 3 is 2.46 bits per heavy atom. The van der Waals surface area contributed by atoms with Crippen molar-refractivity contribution in [2.75, 3.05) is 39.8 Å². The number of ether oxygens (including phenoxy) is 3. The second-order valence-corrected chi connectivity index (χ2v) is 10.9. The van der Waals surface area contributed by atoms with E-state index in [2.05, 4.69) is 36.9 Å². The molecule has 0 unspecified atom stereocenters. The van der Waals surface area contributed by atoms with Crippen LogP contribution in [-0.4, -0.2) is 45.5 Å². The standard InChI is InChI=1S/C25H25Br2N3O6S/c1-7-35-24(32)20-12(2)28-25-30(21(20)14-10-17(33-5)18(34-6)11-15(14)26)22(31)19(37-25)9-13-8-16(27)23(36-13)29(3)4/h8-11,21H,7H2,1-6H3/b19-9+/t21-/m0/s1. The molecule has 4 rings (SSSR count). The van der Waals surface area contributed by atoms with Crippen molar-refractivity contribution in [3.63, 3.8) is 0 Å². The minimum Gasteiger partial charge on any atom is -0.493 e. The summed E-state index contributed by atoms with van der Waals surface area (Å²) in [6, 6.07) is 4.47. The first-order valence-electron chi connectivity index (χ1n) is 11.2. The van der Waals surface area contributed by atoms with Crippen molar-refractivity contribution in [2.24, 2.45) is 4.99 Å². The van der Waals surface area contributed by atoms with Crippen LogP contribution in [0.5, 0.6) is 11.5 Å². The van der Waals surface area contributed by atoms with Gasteiger partial charge in [-0.1, -0.05) is 27.3 Å².